The number of nitrogens with one attached hydrogen (secondary N) is 2. The van der Waals surface area contributed by atoms with E-state index in [1.807, 2.05) is 42.5 Å². The minimum atomic E-state index is -3.85. The summed E-state index contributed by atoms with van der Waals surface area (Å²) in [5, 5.41) is 0. The molecule has 1 saturated heterocycles. The van der Waals surface area contributed by atoms with Gasteiger partial charge >= 0.3 is 0 Å². The number of allylic oxidation sites excluding steroid dienone is 1. The number of carbonyl (C=O) groups excluding carboxylic acids is 2. The average Bonchev–Trinajstić information content (AvgIpc) is 3.50. The van der Waals surface area contributed by atoms with Gasteiger partial charge in [0.05, 0.1) is 23.8 Å². The lowest BCUT2D eigenvalue weighted by molar-refractivity contribution is -0.203. The highest BCUT2D eigenvalue weighted by atomic mass is 32.2. The lowest BCUT2D eigenvalue weighted by Crippen LogP contribution is -2.51. The van der Waals surface area contributed by atoms with Crippen molar-refractivity contribution in [3.05, 3.63) is 72.3 Å². The molecule has 1 heterocycles. The number of amides is 2. The fourth-order valence-electron chi connectivity index (χ4n) is 5.52. The van der Waals surface area contributed by atoms with E-state index in [0.29, 0.717) is 25.1 Å². The van der Waals surface area contributed by atoms with Gasteiger partial charge in [-0.15, -0.1) is 0 Å². The minimum Gasteiger partial charge on any atom is -0.350 e. The molecule has 2 aromatic carbocycles. The maximum atomic E-state index is 14.0. The number of hydrazine groups is 1. The zero-order valence-electron chi connectivity index (χ0n) is 23.6. The number of nitrogens with zero attached hydrogens (tertiary/aromatic N) is 1. The lowest BCUT2D eigenvalue weighted by Gasteiger charge is -2.31. The van der Waals surface area contributed by atoms with Crippen LogP contribution in [0.2, 0.25) is 0 Å². The third-order valence-electron chi connectivity index (χ3n) is 7.68. The van der Waals surface area contributed by atoms with Crippen molar-refractivity contribution in [1.29, 1.82) is 0 Å². The molecule has 3 atom stereocenters. The first-order chi connectivity index (χ1) is 19.8. The van der Waals surface area contributed by atoms with Gasteiger partial charge in [0.2, 0.25) is 21.8 Å². The minimum absolute atomic E-state index is 0.268. The van der Waals surface area contributed by atoms with Crippen molar-refractivity contribution >= 4 is 33.6 Å². The van der Waals surface area contributed by atoms with Gasteiger partial charge in [0.15, 0.2) is 6.29 Å². The van der Waals surface area contributed by atoms with Crippen LogP contribution in [0.15, 0.2) is 66.7 Å². The third-order valence-corrected chi connectivity index (χ3v) is 8.65. The molecule has 2 amide bonds. The summed E-state index contributed by atoms with van der Waals surface area (Å²) in [4.78, 5) is 33.2. The van der Waals surface area contributed by atoms with Gasteiger partial charge in [0, 0.05) is 13.0 Å². The van der Waals surface area contributed by atoms with Crippen molar-refractivity contribution in [2.75, 3.05) is 17.3 Å². The fraction of sp³-hybridized carbons (Fsp3) is 0.484. The molecule has 0 bridgehead atoms. The van der Waals surface area contributed by atoms with Crippen molar-refractivity contribution < 1.29 is 27.6 Å². The number of ether oxygens (including phenoxy) is 1. The number of carbonyl (C=O) groups is 2. The van der Waals surface area contributed by atoms with Crippen molar-refractivity contribution in [3.63, 3.8) is 0 Å². The Balaban J connectivity index is 1.60. The van der Waals surface area contributed by atoms with Crippen LogP contribution in [0.1, 0.15) is 63.4 Å². The largest absolute Gasteiger partial charge is 0.350 e. The molecule has 1 aliphatic heterocycles. The molecule has 2 N–H and O–H groups in total. The summed E-state index contributed by atoms with van der Waals surface area (Å²) in [7, 11) is -3.85. The number of hydroxylamine groups is 1. The van der Waals surface area contributed by atoms with E-state index in [4.69, 9.17) is 9.57 Å². The number of sulfonamides is 1. The number of para-hydroxylation sites is 1. The Morgan fingerprint density at radius 2 is 1.61 bits per heavy atom. The van der Waals surface area contributed by atoms with Crippen LogP contribution in [-0.2, 0) is 29.2 Å². The molecule has 1 aliphatic carbocycles. The molecule has 2 aromatic rings. The second kappa shape index (κ2) is 15.1. The molecule has 2 fully saturated rings. The van der Waals surface area contributed by atoms with Crippen LogP contribution in [-0.4, -0.2) is 39.4 Å². The first-order valence-electron chi connectivity index (χ1n) is 14.5. The Bertz CT molecular complexity index is 1240. The summed E-state index contributed by atoms with van der Waals surface area (Å²) in [5.41, 5.74) is 6.49. The SMILES string of the molecule is CS(=O)(=O)N(NC(=O)[C@H](CC1CCCC1)C(CC=Cc1ccccc1)C(=O)NO[C@H]1CCCCO1)c1ccccc1. The Kier molecular flexibility index (Phi) is 11.4. The summed E-state index contributed by atoms with van der Waals surface area (Å²) in [6.45, 7) is 0.567. The maximum Gasteiger partial charge on any atom is 0.249 e. The molecule has 0 spiro atoms. The van der Waals surface area contributed by atoms with E-state index in [9.17, 15) is 18.0 Å². The highest BCUT2D eigenvalue weighted by Crippen LogP contribution is 2.35. The normalized spacial score (nSPS) is 19.5. The van der Waals surface area contributed by atoms with Gasteiger partial charge in [-0.25, -0.2) is 18.7 Å². The molecule has 1 unspecified atom stereocenters. The summed E-state index contributed by atoms with van der Waals surface area (Å²) in [5.74, 6) is -2.27. The van der Waals surface area contributed by atoms with Gasteiger partial charge in [-0.3, -0.25) is 15.0 Å². The van der Waals surface area contributed by atoms with Crippen molar-refractivity contribution in [1.82, 2.24) is 10.9 Å². The zero-order chi connectivity index (χ0) is 29.1. The molecule has 41 heavy (non-hydrogen) atoms. The molecule has 4 rings (SSSR count). The second-order valence-corrected chi connectivity index (χ2v) is 12.7. The average molecular weight is 584 g/mol. The van der Waals surface area contributed by atoms with Crippen LogP contribution in [0.3, 0.4) is 0 Å². The zero-order valence-corrected chi connectivity index (χ0v) is 24.4. The molecule has 0 aromatic heterocycles. The molecular weight excluding hydrogens is 542 g/mol. The Labute approximate surface area is 243 Å². The monoisotopic (exact) mass is 583 g/mol. The van der Waals surface area contributed by atoms with Gasteiger partial charge < -0.3 is 4.74 Å². The predicted molar refractivity (Wildman–Crippen MR) is 158 cm³/mol. The standard InChI is InChI=1S/C31H41N3O6S/c1-41(37,38)34(26-18-6-3-7-19-26)32-30(35)28(23-25-15-8-9-16-25)27(20-12-17-24-13-4-2-5-14-24)31(36)33-40-29-21-10-11-22-39-29/h2-7,12-14,17-19,25,27-29H,8-11,15-16,20-23H2,1H3,(H,32,35)(H,33,36)/t27?,28-,29+/m1/s1. The number of benzene rings is 2. The van der Waals surface area contributed by atoms with Gasteiger partial charge in [-0.2, -0.15) is 4.41 Å². The topological polar surface area (TPSA) is 114 Å². The summed E-state index contributed by atoms with van der Waals surface area (Å²) >= 11 is 0. The van der Waals surface area contributed by atoms with Crippen molar-refractivity contribution in [2.24, 2.45) is 17.8 Å². The van der Waals surface area contributed by atoms with Gasteiger partial charge in [-0.1, -0.05) is 86.4 Å². The molecule has 10 heteroatoms. The smallest absolute Gasteiger partial charge is 0.249 e. The van der Waals surface area contributed by atoms with Crippen molar-refractivity contribution in [3.8, 4) is 0 Å². The van der Waals surface area contributed by atoms with Crippen LogP contribution < -0.4 is 15.3 Å². The molecule has 9 nitrogen and oxygen atoms in total. The predicted octanol–water partition coefficient (Wildman–Crippen LogP) is 4.97. The molecule has 2 aliphatic rings. The fourth-order valence-corrected chi connectivity index (χ4v) is 6.28. The quantitative estimate of drug-likeness (QED) is 0.322. The van der Waals surface area contributed by atoms with Crippen LogP contribution >= 0.6 is 0 Å². The maximum absolute atomic E-state index is 14.0. The van der Waals surface area contributed by atoms with Gasteiger partial charge in [0.1, 0.15) is 0 Å². The Morgan fingerprint density at radius 1 is 0.951 bits per heavy atom. The summed E-state index contributed by atoms with van der Waals surface area (Å²) < 4.78 is 31.9. The van der Waals surface area contributed by atoms with Crippen LogP contribution in [0.25, 0.3) is 6.08 Å². The summed E-state index contributed by atoms with van der Waals surface area (Å²) in [6, 6.07) is 18.1. The number of hydrogen-bond acceptors (Lipinski definition) is 6. The first kappa shape index (κ1) is 30.7. The number of rotatable bonds is 13. The number of anilines is 1. The first-order valence-corrected chi connectivity index (χ1v) is 16.3. The van der Waals surface area contributed by atoms with Crippen LogP contribution in [0, 0.1) is 17.8 Å². The van der Waals surface area contributed by atoms with E-state index >= 15 is 0 Å². The van der Waals surface area contributed by atoms with E-state index < -0.39 is 40.0 Å². The Morgan fingerprint density at radius 3 is 2.24 bits per heavy atom. The van der Waals surface area contributed by atoms with Crippen molar-refractivity contribution in [2.45, 2.75) is 64.1 Å². The highest BCUT2D eigenvalue weighted by Gasteiger charge is 2.37. The molecule has 1 saturated carbocycles. The molecule has 222 valence electrons. The summed E-state index contributed by atoms with van der Waals surface area (Å²) in [6.07, 6.45) is 11.7. The van der Waals surface area contributed by atoms with E-state index in [-0.39, 0.29) is 12.3 Å². The molecular formula is C31H41N3O6S. The third kappa shape index (κ3) is 9.41. The van der Waals surface area contributed by atoms with Crippen LogP contribution in [0.5, 0.6) is 0 Å². The van der Waals surface area contributed by atoms with E-state index in [1.54, 1.807) is 30.3 Å². The van der Waals surface area contributed by atoms with E-state index in [1.165, 1.54) is 0 Å². The number of hydrogen-bond donors (Lipinski definition) is 2. The highest BCUT2D eigenvalue weighted by molar-refractivity contribution is 7.92. The lowest BCUT2D eigenvalue weighted by atomic mass is 9.80. The van der Waals surface area contributed by atoms with E-state index in [2.05, 4.69) is 10.9 Å². The Hall–Kier alpha value is -3.21. The van der Waals surface area contributed by atoms with E-state index in [0.717, 1.165) is 54.8 Å². The molecule has 0 radical (unpaired) electrons. The second-order valence-electron chi connectivity index (χ2n) is 10.9. The van der Waals surface area contributed by atoms with Crippen LogP contribution in [0.4, 0.5) is 5.69 Å². The van der Waals surface area contributed by atoms with Gasteiger partial charge in [-0.05, 0) is 49.3 Å². The van der Waals surface area contributed by atoms with Gasteiger partial charge in [0.25, 0.3) is 0 Å².